The molecule has 4 aliphatic carbocycles. The zero-order chi connectivity index (χ0) is 26.0. The molecule has 0 aromatic rings. The van der Waals surface area contributed by atoms with Gasteiger partial charge in [-0.15, -0.1) is 6.58 Å². The standard InChI is InChI=1S/C32H52O3/c1-21(2)11-10-12-22(3)32(34)20-19-31(9)26(32)14-13-25-29(7)17-16-27(35-23(4)33)28(5,6)24(29)15-18-30(25,31)8/h24-27,34H,1,3,10-20H2,2,4-9H3. The number of ether oxygens (including phenoxy) is 1. The van der Waals surface area contributed by atoms with Crippen LogP contribution >= 0.6 is 0 Å². The first kappa shape index (κ1) is 27.0. The van der Waals surface area contributed by atoms with Gasteiger partial charge < -0.3 is 9.84 Å². The Bertz CT molecular complexity index is 887. The molecule has 8 unspecified atom stereocenters. The lowest BCUT2D eigenvalue weighted by molar-refractivity contribution is -0.231. The minimum atomic E-state index is -0.720. The molecule has 3 heteroatoms. The first-order valence-electron chi connectivity index (χ1n) is 14.3. The molecule has 198 valence electrons. The van der Waals surface area contributed by atoms with E-state index in [2.05, 4.69) is 54.7 Å². The fraction of sp³-hybridized carbons (Fsp3) is 0.844. The van der Waals surface area contributed by atoms with Gasteiger partial charge >= 0.3 is 5.97 Å². The summed E-state index contributed by atoms with van der Waals surface area (Å²) < 4.78 is 5.86. The number of allylic oxidation sites excluding steroid dienone is 1. The highest BCUT2D eigenvalue weighted by Crippen LogP contribution is 2.76. The Kier molecular flexibility index (Phi) is 6.73. The summed E-state index contributed by atoms with van der Waals surface area (Å²) in [7, 11) is 0. The molecule has 0 aromatic heterocycles. The number of carbonyl (C=O) groups is 1. The van der Waals surface area contributed by atoms with E-state index < -0.39 is 5.60 Å². The van der Waals surface area contributed by atoms with Gasteiger partial charge in [0.2, 0.25) is 0 Å². The van der Waals surface area contributed by atoms with Crippen LogP contribution in [0.15, 0.2) is 24.3 Å². The molecule has 0 amide bonds. The first-order chi connectivity index (χ1) is 16.1. The fourth-order valence-corrected chi connectivity index (χ4v) is 10.4. The van der Waals surface area contributed by atoms with Crippen LogP contribution in [-0.4, -0.2) is 22.8 Å². The zero-order valence-corrected chi connectivity index (χ0v) is 23.8. The highest BCUT2D eigenvalue weighted by molar-refractivity contribution is 5.66. The molecular formula is C32H52O3. The Balaban J connectivity index is 1.60. The van der Waals surface area contributed by atoms with E-state index >= 15 is 0 Å². The predicted molar refractivity (Wildman–Crippen MR) is 144 cm³/mol. The molecule has 3 nitrogen and oxygen atoms in total. The van der Waals surface area contributed by atoms with E-state index in [1.54, 1.807) is 6.92 Å². The largest absolute Gasteiger partial charge is 0.462 e. The number of hydrogen-bond acceptors (Lipinski definition) is 3. The maximum absolute atomic E-state index is 12.1. The van der Waals surface area contributed by atoms with Crippen molar-refractivity contribution >= 4 is 5.97 Å². The number of rotatable bonds is 6. The van der Waals surface area contributed by atoms with Gasteiger partial charge in [-0.25, -0.2) is 0 Å². The summed E-state index contributed by atoms with van der Waals surface area (Å²) in [5.74, 6) is 1.36. The molecule has 0 aliphatic heterocycles. The Morgan fingerprint density at radius 2 is 1.46 bits per heavy atom. The average Bonchev–Trinajstić information content (AvgIpc) is 3.03. The quantitative estimate of drug-likeness (QED) is 0.307. The van der Waals surface area contributed by atoms with E-state index in [-0.39, 0.29) is 33.7 Å². The molecule has 0 bridgehead atoms. The van der Waals surface area contributed by atoms with Crippen molar-refractivity contribution in [2.75, 3.05) is 0 Å². The van der Waals surface area contributed by atoms with Gasteiger partial charge in [-0.3, -0.25) is 4.79 Å². The van der Waals surface area contributed by atoms with Gasteiger partial charge in [-0.2, -0.15) is 0 Å². The highest BCUT2D eigenvalue weighted by atomic mass is 16.5. The van der Waals surface area contributed by atoms with Crippen LogP contribution in [0.4, 0.5) is 0 Å². The molecule has 0 radical (unpaired) electrons. The van der Waals surface area contributed by atoms with Gasteiger partial charge in [0, 0.05) is 12.3 Å². The minimum Gasteiger partial charge on any atom is -0.462 e. The van der Waals surface area contributed by atoms with Crippen molar-refractivity contribution in [2.45, 2.75) is 131 Å². The van der Waals surface area contributed by atoms with Crippen LogP contribution in [0.3, 0.4) is 0 Å². The minimum absolute atomic E-state index is 0.00820. The molecule has 4 saturated carbocycles. The average molecular weight is 485 g/mol. The predicted octanol–water partition coefficient (Wildman–Crippen LogP) is 8.02. The summed E-state index contributed by atoms with van der Waals surface area (Å²) in [6.07, 6.45) is 11.7. The number of fused-ring (bicyclic) bond motifs is 5. The lowest BCUT2D eigenvalue weighted by atomic mass is 9.35. The summed E-state index contributed by atoms with van der Waals surface area (Å²) in [4.78, 5) is 11.8. The molecule has 4 rings (SSSR count). The van der Waals surface area contributed by atoms with Gasteiger partial charge in [0.1, 0.15) is 6.10 Å². The Morgan fingerprint density at radius 1 is 0.829 bits per heavy atom. The molecule has 4 fully saturated rings. The SMILES string of the molecule is C=C(C)CCCC(=C)C1(O)CCC2(C)C1CCC1C3(C)CCC(OC(C)=O)C(C)(C)C3CCC12C. The molecular weight excluding hydrogens is 432 g/mol. The first-order valence-corrected chi connectivity index (χ1v) is 14.3. The maximum atomic E-state index is 12.1. The second-order valence-corrected chi connectivity index (χ2v) is 14.4. The van der Waals surface area contributed by atoms with Crippen LogP contribution < -0.4 is 0 Å². The molecule has 8 atom stereocenters. The number of hydrogen-bond donors (Lipinski definition) is 1. The third kappa shape index (κ3) is 3.89. The number of esters is 1. The molecule has 0 aromatic carbocycles. The second kappa shape index (κ2) is 8.74. The van der Waals surface area contributed by atoms with E-state index in [1.807, 2.05) is 0 Å². The van der Waals surface area contributed by atoms with E-state index in [9.17, 15) is 9.90 Å². The van der Waals surface area contributed by atoms with Crippen molar-refractivity contribution in [2.24, 2.45) is 39.4 Å². The third-order valence-corrected chi connectivity index (χ3v) is 12.4. The van der Waals surface area contributed by atoms with E-state index in [0.717, 1.165) is 56.9 Å². The second-order valence-electron chi connectivity index (χ2n) is 14.4. The molecule has 0 saturated heterocycles. The van der Waals surface area contributed by atoms with Gasteiger partial charge in [0.05, 0.1) is 5.60 Å². The summed E-state index contributed by atoms with van der Waals surface area (Å²) in [5.41, 5.74) is 2.15. The number of aliphatic hydroxyl groups is 1. The maximum Gasteiger partial charge on any atom is 0.302 e. The van der Waals surface area contributed by atoms with Crippen molar-refractivity contribution < 1.29 is 14.6 Å². The summed E-state index contributed by atoms with van der Waals surface area (Å²) >= 11 is 0. The fourth-order valence-electron chi connectivity index (χ4n) is 10.4. The van der Waals surface area contributed by atoms with Crippen LogP contribution in [0.25, 0.3) is 0 Å². The highest BCUT2D eigenvalue weighted by Gasteiger charge is 2.71. The summed E-state index contributed by atoms with van der Waals surface area (Å²) in [6.45, 7) is 24.5. The molecule has 0 heterocycles. The normalized spacial score (nSPS) is 46.2. The monoisotopic (exact) mass is 484 g/mol. The Hall–Kier alpha value is -1.09. The van der Waals surface area contributed by atoms with Crippen molar-refractivity contribution in [1.29, 1.82) is 0 Å². The van der Waals surface area contributed by atoms with Crippen molar-refractivity contribution in [1.82, 2.24) is 0 Å². The van der Waals surface area contributed by atoms with Crippen molar-refractivity contribution in [3.05, 3.63) is 24.3 Å². The van der Waals surface area contributed by atoms with Gasteiger partial charge in [-0.05, 0) is 117 Å². The molecule has 35 heavy (non-hydrogen) atoms. The van der Waals surface area contributed by atoms with Crippen LogP contribution in [0.2, 0.25) is 0 Å². The van der Waals surface area contributed by atoms with Crippen LogP contribution in [0, 0.1) is 39.4 Å². The van der Waals surface area contributed by atoms with Crippen molar-refractivity contribution in [3.8, 4) is 0 Å². The van der Waals surface area contributed by atoms with E-state index in [1.165, 1.54) is 24.8 Å². The summed E-state index contributed by atoms with van der Waals surface area (Å²) in [5, 5.41) is 12.1. The van der Waals surface area contributed by atoms with Gasteiger partial charge in [-0.1, -0.05) is 46.8 Å². The molecule has 0 spiro atoms. The lowest BCUT2D eigenvalue weighted by Crippen LogP contribution is -2.65. The Morgan fingerprint density at radius 3 is 2.09 bits per heavy atom. The van der Waals surface area contributed by atoms with E-state index in [4.69, 9.17) is 4.74 Å². The van der Waals surface area contributed by atoms with Crippen LogP contribution in [-0.2, 0) is 9.53 Å². The van der Waals surface area contributed by atoms with Crippen LogP contribution in [0.1, 0.15) is 119 Å². The number of carbonyl (C=O) groups excluding carboxylic acids is 1. The van der Waals surface area contributed by atoms with Crippen molar-refractivity contribution in [3.63, 3.8) is 0 Å². The topological polar surface area (TPSA) is 46.5 Å². The van der Waals surface area contributed by atoms with E-state index in [0.29, 0.717) is 17.8 Å². The smallest absolute Gasteiger partial charge is 0.302 e. The lowest BCUT2D eigenvalue weighted by Gasteiger charge is -2.70. The zero-order valence-electron chi connectivity index (χ0n) is 23.8. The summed E-state index contributed by atoms with van der Waals surface area (Å²) in [6, 6.07) is 0. The van der Waals surface area contributed by atoms with Crippen LogP contribution in [0.5, 0.6) is 0 Å². The molecule has 1 N–H and O–H groups in total. The van der Waals surface area contributed by atoms with Gasteiger partial charge in [0.15, 0.2) is 0 Å². The molecule has 4 aliphatic rings. The third-order valence-electron chi connectivity index (χ3n) is 12.4. The Labute approximate surface area is 215 Å². The van der Waals surface area contributed by atoms with Gasteiger partial charge in [0.25, 0.3) is 0 Å².